The Labute approximate surface area is 138 Å². The first-order valence-electron chi connectivity index (χ1n) is 8.08. The van der Waals surface area contributed by atoms with E-state index in [2.05, 4.69) is 12.2 Å². The number of benzene rings is 1. The molecule has 0 unspecified atom stereocenters. The maximum absolute atomic E-state index is 12.3. The van der Waals surface area contributed by atoms with E-state index in [9.17, 15) is 9.59 Å². The van der Waals surface area contributed by atoms with Gasteiger partial charge < -0.3 is 15.8 Å². The molecule has 0 aromatic heterocycles. The molecule has 5 nitrogen and oxygen atoms in total. The Morgan fingerprint density at radius 2 is 2.00 bits per heavy atom. The van der Waals surface area contributed by atoms with Gasteiger partial charge in [-0.25, -0.2) is 0 Å². The van der Waals surface area contributed by atoms with Gasteiger partial charge in [0.05, 0.1) is 0 Å². The molecule has 0 saturated carbocycles. The van der Waals surface area contributed by atoms with Crippen molar-refractivity contribution in [2.45, 2.75) is 65.1 Å². The molecule has 0 bridgehead atoms. The number of primary amides is 1. The summed E-state index contributed by atoms with van der Waals surface area (Å²) in [5, 5.41) is 3.23. The number of nitrogens with one attached hydrogen (secondary N) is 1. The molecule has 0 aliphatic heterocycles. The fourth-order valence-electron chi connectivity index (χ4n) is 2.16. The zero-order valence-corrected chi connectivity index (χ0v) is 14.5. The third kappa shape index (κ3) is 7.28. The van der Waals surface area contributed by atoms with Crippen molar-refractivity contribution in [3.8, 4) is 0 Å². The van der Waals surface area contributed by atoms with Crippen LogP contribution in [0.3, 0.4) is 0 Å². The molecule has 0 spiro atoms. The van der Waals surface area contributed by atoms with E-state index in [0.717, 1.165) is 24.8 Å². The van der Waals surface area contributed by atoms with Crippen LogP contribution in [0.2, 0.25) is 0 Å². The number of hydrogen-bond donors (Lipinski definition) is 2. The second-order valence-electron chi connectivity index (χ2n) is 6.67. The van der Waals surface area contributed by atoms with Gasteiger partial charge in [-0.3, -0.25) is 9.59 Å². The molecule has 0 aliphatic rings. The summed E-state index contributed by atoms with van der Waals surface area (Å²) < 4.78 is 5.47. The van der Waals surface area contributed by atoms with Crippen LogP contribution in [-0.2, 0) is 16.1 Å². The highest BCUT2D eigenvalue weighted by molar-refractivity contribution is 5.92. The second-order valence-corrected chi connectivity index (χ2v) is 6.67. The van der Waals surface area contributed by atoms with Gasteiger partial charge in [-0.1, -0.05) is 31.9 Å². The summed E-state index contributed by atoms with van der Waals surface area (Å²) in [5.74, 6) is -0.696. The lowest BCUT2D eigenvalue weighted by molar-refractivity contribution is -0.157. The van der Waals surface area contributed by atoms with Crippen molar-refractivity contribution in [3.63, 3.8) is 0 Å². The minimum atomic E-state index is -0.505. The lowest BCUT2D eigenvalue weighted by Gasteiger charge is -2.24. The van der Waals surface area contributed by atoms with Crippen LogP contribution in [0.25, 0.3) is 0 Å². The van der Waals surface area contributed by atoms with E-state index in [0.29, 0.717) is 12.1 Å². The molecule has 0 aliphatic carbocycles. The van der Waals surface area contributed by atoms with Crippen molar-refractivity contribution < 1.29 is 14.3 Å². The van der Waals surface area contributed by atoms with E-state index in [1.54, 1.807) is 18.2 Å². The SMILES string of the molecule is CCCC[C@H](NCc1cccc(C(N)=O)c1)C(=O)OC(C)(C)C. The van der Waals surface area contributed by atoms with Crippen molar-refractivity contribution in [1.29, 1.82) is 0 Å². The molecule has 0 heterocycles. The Kier molecular flexibility index (Phi) is 7.23. The van der Waals surface area contributed by atoms with Crippen LogP contribution in [0.1, 0.15) is 62.9 Å². The van der Waals surface area contributed by atoms with Crippen molar-refractivity contribution >= 4 is 11.9 Å². The van der Waals surface area contributed by atoms with Crippen molar-refractivity contribution in [3.05, 3.63) is 35.4 Å². The first kappa shape index (κ1) is 19.2. The van der Waals surface area contributed by atoms with E-state index >= 15 is 0 Å². The van der Waals surface area contributed by atoms with Crippen LogP contribution in [-0.4, -0.2) is 23.5 Å². The first-order chi connectivity index (χ1) is 10.7. The van der Waals surface area contributed by atoms with E-state index in [1.165, 1.54) is 0 Å². The van der Waals surface area contributed by atoms with Gasteiger partial charge in [0, 0.05) is 12.1 Å². The number of ether oxygens (including phenoxy) is 1. The molecule has 1 amide bonds. The van der Waals surface area contributed by atoms with Crippen molar-refractivity contribution in [1.82, 2.24) is 5.32 Å². The summed E-state index contributed by atoms with van der Waals surface area (Å²) in [4.78, 5) is 23.5. The van der Waals surface area contributed by atoms with Gasteiger partial charge >= 0.3 is 5.97 Å². The minimum Gasteiger partial charge on any atom is -0.459 e. The topological polar surface area (TPSA) is 81.4 Å². The monoisotopic (exact) mass is 320 g/mol. The highest BCUT2D eigenvalue weighted by Gasteiger charge is 2.24. The van der Waals surface area contributed by atoms with Crippen LogP contribution in [0, 0.1) is 0 Å². The van der Waals surface area contributed by atoms with Gasteiger partial charge in [-0.15, -0.1) is 0 Å². The molecule has 128 valence electrons. The Morgan fingerprint density at radius 3 is 2.57 bits per heavy atom. The molecule has 1 rings (SSSR count). The largest absolute Gasteiger partial charge is 0.459 e. The average molecular weight is 320 g/mol. The number of esters is 1. The average Bonchev–Trinajstić information content (AvgIpc) is 2.45. The van der Waals surface area contributed by atoms with Gasteiger partial charge in [0.1, 0.15) is 11.6 Å². The summed E-state index contributed by atoms with van der Waals surface area (Å²) in [6, 6.07) is 6.73. The van der Waals surface area contributed by atoms with Crippen LogP contribution >= 0.6 is 0 Å². The molecule has 3 N–H and O–H groups in total. The number of carbonyl (C=O) groups excluding carboxylic acids is 2. The van der Waals surface area contributed by atoms with Crippen LogP contribution in [0.5, 0.6) is 0 Å². The van der Waals surface area contributed by atoms with Crippen molar-refractivity contribution in [2.75, 3.05) is 0 Å². The fraction of sp³-hybridized carbons (Fsp3) is 0.556. The van der Waals surface area contributed by atoms with E-state index < -0.39 is 11.5 Å². The highest BCUT2D eigenvalue weighted by Crippen LogP contribution is 2.12. The molecular weight excluding hydrogens is 292 g/mol. The van der Waals surface area contributed by atoms with Gasteiger partial charge in [-0.2, -0.15) is 0 Å². The summed E-state index contributed by atoms with van der Waals surface area (Å²) >= 11 is 0. The molecule has 1 atom stereocenters. The zero-order valence-electron chi connectivity index (χ0n) is 14.5. The number of unbranched alkanes of at least 4 members (excludes halogenated alkanes) is 1. The normalized spacial score (nSPS) is 12.7. The van der Waals surface area contributed by atoms with Gasteiger partial charge in [-0.05, 0) is 44.9 Å². The molecule has 1 aromatic rings. The van der Waals surface area contributed by atoms with E-state index in [-0.39, 0.29) is 12.0 Å². The van der Waals surface area contributed by atoms with Crippen molar-refractivity contribution in [2.24, 2.45) is 5.73 Å². The zero-order chi connectivity index (χ0) is 17.5. The fourth-order valence-corrected chi connectivity index (χ4v) is 2.16. The Morgan fingerprint density at radius 1 is 1.30 bits per heavy atom. The standard InChI is InChI=1S/C18H28N2O3/c1-5-6-10-15(17(22)23-18(2,3)4)20-12-13-8-7-9-14(11-13)16(19)21/h7-9,11,15,20H,5-6,10,12H2,1-4H3,(H2,19,21)/t15-/m0/s1. The third-order valence-corrected chi connectivity index (χ3v) is 3.30. The number of hydrogen-bond acceptors (Lipinski definition) is 4. The maximum atomic E-state index is 12.3. The maximum Gasteiger partial charge on any atom is 0.323 e. The van der Waals surface area contributed by atoms with Gasteiger partial charge in [0.25, 0.3) is 0 Å². The van der Waals surface area contributed by atoms with E-state index in [1.807, 2.05) is 26.8 Å². The molecule has 0 radical (unpaired) electrons. The first-order valence-corrected chi connectivity index (χ1v) is 8.08. The number of carbonyl (C=O) groups is 2. The Hall–Kier alpha value is -1.88. The molecule has 1 aromatic carbocycles. The number of rotatable bonds is 8. The van der Waals surface area contributed by atoms with Crippen LogP contribution < -0.4 is 11.1 Å². The van der Waals surface area contributed by atoms with Crippen LogP contribution in [0.4, 0.5) is 0 Å². The van der Waals surface area contributed by atoms with Gasteiger partial charge in [0.15, 0.2) is 0 Å². The smallest absolute Gasteiger partial charge is 0.323 e. The summed E-state index contributed by atoms with van der Waals surface area (Å²) in [6.45, 7) is 8.14. The molecule has 0 fully saturated rings. The quantitative estimate of drug-likeness (QED) is 0.722. The Balaban J connectivity index is 2.72. The third-order valence-electron chi connectivity index (χ3n) is 3.30. The Bertz CT molecular complexity index is 535. The summed E-state index contributed by atoms with van der Waals surface area (Å²) in [5.41, 5.74) is 6.16. The molecule has 5 heteroatoms. The summed E-state index contributed by atoms with van der Waals surface area (Å²) in [6.07, 6.45) is 2.68. The molecule has 23 heavy (non-hydrogen) atoms. The lowest BCUT2D eigenvalue weighted by Crippen LogP contribution is -2.41. The summed E-state index contributed by atoms with van der Waals surface area (Å²) in [7, 11) is 0. The lowest BCUT2D eigenvalue weighted by atomic mass is 10.1. The van der Waals surface area contributed by atoms with E-state index in [4.69, 9.17) is 10.5 Å². The number of amides is 1. The molecule has 0 saturated heterocycles. The molecular formula is C18H28N2O3. The highest BCUT2D eigenvalue weighted by atomic mass is 16.6. The second kappa shape index (κ2) is 8.67. The minimum absolute atomic E-state index is 0.239. The predicted octanol–water partition coefficient (Wildman–Crippen LogP) is 2.78. The van der Waals surface area contributed by atoms with Gasteiger partial charge in [0.2, 0.25) is 5.91 Å². The predicted molar refractivity (Wildman–Crippen MR) is 91.0 cm³/mol. The number of nitrogens with two attached hydrogens (primary N) is 1. The van der Waals surface area contributed by atoms with Crippen LogP contribution in [0.15, 0.2) is 24.3 Å².